The van der Waals surface area contributed by atoms with Crippen molar-refractivity contribution in [1.82, 2.24) is 15.2 Å². The van der Waals surface area contributed by atoms with Crippen molar-refractivity contribution in [3.63, 3.8) is 0 Å². The molecule has 0 spiro atoms. The van der Waals surface area contributed by atoms with Gasteiger partial charge in [-0.05, 0) is 87.4 Å². The van der Waals surface area contributed by atoms with Crippen LogP contribution in [0.15, 0.2) is 36.7 Å². The predicted molar refractivity (Wildman–Crippen MR) is 142 cm³/mol. The highest BCUT2D eigenvalue weighted by molar-refractivity contribution is 5.93. The molecule has 5 rings (SSSR count). The number of halogens is 1. The third-order valence-electron chi connectivity index (χ3n) is 8.95. The molecule has 8 heteroatoms. The lowest BCUT2D eigenvalue weighted by molar-refractivity contribution is -0.147. The number of carbonyl (C=O) groups is 2. The molecule has 198 valence electrons. The highest BCUT2D eigenvalue weighted by Gasteiger charge is 2.50. The fourth-order valence-electron chi connectivity index (χ4n) is 6.79. The number of benzene rings is 1. The number of likely N-dealkylation sites (N-methyl/N-ethyl adjacent to an activating group) is 1. The topological polar surface area (TPSA) is 91.6 Å². The van der Waals surface area contributed by atoms with Crippen molar-refractivity contribution in [3.05, 3.63) is 53.6 Å². The molecule has 3 aliphatic rings. The van der Waals surface area contributed by atoms with Gasteiger partial charge in [-0.3, -0.25) is 14.6 Å². The molecule has 3 heterocycles. The molecule has 3 atom stereocenters. The van der Waals surface area contributed by atoms with E-state index in [2.05, 4.69) is 21.3 Å². The molecule has 1 saturated heterocycles. The average molecular weight is 508 g/mol. The van der Waals surface area contributed by atoms with Gasteiger partial charge in [-0.2, -0.15) is 0 Å². The van der Waals surface area contributed by atoms with E-state index >= 15 is 0 Å². The number of hydrogen-bond donors (Lipinski definition) is 2. The maximum atomic E-state index is 14.3. The number of fused-ring (bicyclic) bond motifs is 1. The summed E-state index contributed by atoms with van der Waals surface area (Å²) in [4.78, 5) is 35.6. The van der Waals surface area contributed by atoms with Crippen molar-refractivity contribution in [2.24, 2.45) is 17.6 Å². The zero-order valence-electron chi connectivity index (χ0n) is 21.9. The van der Waals surface area contributed by atoms with Gasteiger partial charge in [0, 0.05) is 25.0 Å². The summed E-state index contributed by atoms with van der Waals surface area (Å²) in [6.07, 6.45) is 11.4. The molecule has 0 bridgehead atoms. The largest absolute Gasteiger partial charge is 0.368 e. The number of amides is 2. The Hall–Kier alpha value is -3.00. The normalized spacial score (nSPS) is 22.5. The predicted octanol–water partition coefficient (Wildman–Crippen LogP) is 4.24. The number of aromatic nitrogens is 1. The fraction of sp³-hybridized carbons (Fsp3) is 0.552. The molecule has 2 aliphatic heterocycles. The van der Waals surface area contributed by atoms with E-state index in [1.165, 1.54) is 12.5 Å². The van der Waals surface area contributed by atoms with Gasteiger partial charge in [0.05, 0.1) is 23.8 Å². The molecule has 1 aliphatic carbocycles. The molecule has 3 N–H and O–H groups in total. The van der Waals surface area contributed by atoms with E-state index in [9.17, 15) is 14.0 Å². The van der Waals surface area contributed by atoms with E-state index in [1.807, 2.05) is 23.4 Å². The van der Waals surface area contributed by atoms with E-state index in [0.29, 0.717) is 6.54 Å². The van der Waals surface area contributed by atoms with Crippen LogP contribution in [0.5, 0.6) is 0 Å². The Balaban J connectivity index is 1.44. The van der Waals surface area contributed by atoms with Crippen LogP contribution >= 0.6 is 0 Å². The lowest BCUT2D eigenvalue weighted by Crippen LogP contribution is -2.63. The Bertz CT molecular complexity index is 1170. The molecule has 0 radical (unpaired) electrons. The monoisotopic (exact) mass is 507 g/mol. The third kappa shape index (κ3) is 4.72. The number of hydrogen-bond acceptors (Lipinski definition) is 5. The lowest BCUT2D eigenvalue weighted by atomic mass is 9.69. The van der Waals surface area contributed by atoms with E-state index in [-0.39, 0.29) is 23.7 Å². The maximum absolute atomic E-state index is 14.3. The second kappa shape index (κ2) is 10.4. The highest BCUT2D eigenvalue weighted by Crippen LogP contribution is 2.42. The van der Waals surface area contributed by atoms with Gasteiger partial charge in [0.2, 0.25) is 11.8 Å². The minimum Gasteiger partial charge on any atom is -0.368 e. The standard InChI is InChI=1S/C29H38FN5O2/c1-29(32-2,28(31)37)26(19-7-4-3-5-8-19)27(36)35-13-6-9-24(35)21-16-23(18-33-17-21)34-14-12-20-15-22(30)10-11-25(20)34/h10-11,15-19,24,26,32H,3-9,12-14H2,1-2H3,(H2,31,37)/t24-,26+,29?/m0/s1. The van der Waals surface area contributed by atoms with Crippen molar-refractivity contribution in [2.75, 3.05) is 25.0 Å². The number of likely N-dealkylation sites (tertiary alicyclic amines) is 1. The average Bonchev–Trinajstić information content (AvgIpc) is 3.56. The van der Waals surface area contributed by atoms with Crippen LogP contribution in [0.4, 0.5) is 15.8 Å². The van der Waals surface area contributed by atoms with Gasteiger partial charge in [0.15, 0.2) is 0 Å². The summed E-state index contributed by atoms with van der Waals surface area (Å²) in [6.45, 7) is 3.20. The number of primary amides is 1. The number of nitrogens with zero attached hydrogens (tertiary/aromatic N) is 3. The maximum Gasteiger partial charge on any atom is 0.238 e. The number of rotatable bonds is 7. The van der Waals surface area contributed by atoms with Crippen molar-refractivity contribution >= 4 is 23.2 Å². The quantitative estimate of drug-likeness (QED) is 0.585. The minimum atomic E-state index is -1.11. The first kappa shape index (κ1) is 25.6. The molecule has 2 aromatic rings. The molecule has 37 heavy (non-hydrogen) atoms. The number of nitrogens with one attached hydrogen (secondary N) is 1. The van der Waals surface area contributed by atoms with Gasteiger partial charge < -0.3 is 20.9 Å². The Morgan fingerprint density at radius 1 is 1.11 bits per heavy atom. The Morgan fingerprint density at radius 2 is 1.89 bits per heavy atom. The van der Waals surface area contributed by atoms with Crippen molar-refractivity contribution < 1.29 is 14.0 Å². The Morgan fingerprint density at radius 3 is 2.62 bits per heavy atom. The van der Waals surface area contributed by atoms with Crippen LogP contribution in [0.1, 0.15) is 69.0 Å². The second-order valence-corrected chi connectivity index (χ2v) is 11.0. The second-order valence-electron chi connectivity index (χ2n) is 11.0. The van der Waals surface area contributed by atoms with Crippen LogP contribution in [-0.4, -0.2) is 47.4 Å². The van der Waals surface area contributed by atoms with Crippen molar-refractivity contribution in [1.29, 1.82) is 0 Å². The Labute approximate surface area is 218 Å². The number of anilines is 2. The molecular formula is C29H38FN5O2. The molecule has 1 saturated carbocycles. The van der Waals surface area contributed by atoms with E-state index in [1.54, 1.807) is 20.0 Å². The SMILES string of the molecule is CNC(C)(C(N)=O)[C@@H](C(=O)N1CCC[C@H]1c1cncc(N2CCc3cc(F)ccc32)c1)C1CCCCC1. The molecule has 1 aromatic heterocycles. The summed E-state index contributed by atoms with van der Waals surface area (Å²) in [7, 11) is 1.72. The van der Waals surface area contributed by atoms with Crippen LogP contribution in [0, 0.1) is 17.7 Å². The molecular weight excluding hydrogens is 469 g/mol. The van der Waals surface area contributed by atoms with Crippen molar-refractivity contribution in [2.45, 2.75) is 69.9 Å². The third-order valence-corrected chi connectivity index (χ3v) is 8.95. The fourth-order valence-corrected chi connectivity index (χ4v) is 6.79. The molecule has 2 amide bonds. The van der Waals surface area contributed by atoms with Crippen LogP contribution in [0.2, 0.25) is 0 Å². The van der Waals surface area contributed by atoms with Crippen LogP contribution < -0.4 is 16.0 Å². The van der Waals surface area contributed by atoms with E-state index in [0.717, 1.165) is 74.0 Å². The zero-order chi connectivity index (χ0) is 26.2. The van der Waals surface area contributed by atoms with Crippen molar-refractivity contribution in [3.8, 4) is 0 Å². The number of nitrogens with two attached hydrogens (primary N) is 1. The molecule has 1 aromatic carbocycles. The minimum absolute atomic E-state index is 0.0115. The van der Waals surface area contributed by atoms with E-state index < -0.39 is 17.4 Å². The summed E-state index contributed by atoms with van der Waals surface area (Å²) in [5.41, 5.74) is 8.73. The van der Waals surface area contributed by atoms with Gasteiger partial charge in [-0.15, -0.1) is 0 Å². The summed E-state index contributed by atoms with van der Waals surface area (Å²) in [5, 5.41) is 3.13. The summed E-state index contributed by atoms with van der Waals surface area (Å²) >= 11 is 0. The summed E-state index contributed by atoms with van der Waals surface area (Å²) < 4.78 is 13.7. The van der Waals surface area contributed by atoms with Crippen LogP contribution in [0.3, 0.4) is 0 Å². The first-order valence-electron chi connectivity index (χ1n) is 13.6. The van der Waals surface area contributed by atoms with Gasteiger partial charge in [-0.25, -0.2) is 4.39 Å². The smallest absolute Gasteiger partial charge is 0.238 e. The zero-order valence-corrected chi connectivity index (χ0v) is 21.9. The highest BCUT2D eigenvalue weighted by atomic mass is 19.1. The Kier molecular flexibility index (Phi) is 7.21. The van der Waals surface area contributed by atoms with Gasteiger partial charge in [0.25, 0.3) is 0 Å². The lowest BCUT2D eigenvalue weighted by Gasteiger charge is -2.43. The van der Waals surface area contributed by atoms with E-state index in [4.69, 9.17) is 5.73 Å². The number of carbonyl (C=O) groups excluding carboxylic acids is 2. The first-order chi connectivity index (χ1) is 17.8. The van der Waals surface area contributed by atoms with Gasteiger partial charge in [0.1, 0.15) is 11.4 Å². The van der Waals surface area contributed by atoms with Gasteiger partial charge >= 0.3 is 0 Å². The molecule has 2 fully saturated rings. The molecule has 1 unspecified atom stereocenters. The summed E-state index contributed by atoms with van der Waals surface area (Å²) in [6, 6.07) is 6.94. The number of pyridine rings is 1. The van der Waals surface area contributed by atoms with Gasteiger partial charge in [-0.1, -0.05) is 19.3 Å². The molecule has 7 nitrogen and oxygen atoms in total. The first-order valence-corrected chi connectivity index (χ1v) is 13.6. The summed E-state index contributed by atoms with van der Waals surface area (Å²) in [5.74, 6) is -1.07. The van der Waals surface area contributed by atoms with Crippen LogP contribution in [0.25, 0.3) is 0 Å². The van der Waals surface area contributed by atoms with Crippen LogP contribution in [-0.2, 0) is 16.0 Å².